The molecule has 3 aromatic rings. The fraction of sp³-hybridized carbons (Fsp3) is 0.370. The Labute approximate surface area is 236 Å². The van der Waals surface area contributed by atoms with Crippen LogP contribution in [0, 0.1) is 0 Å². The molecule has 12 heteroatoms. The normalized spacial score (nSPS) is 23.3. The Balaban J connectivity index is 1.58. The van der Waals surface area contributed by atoms with Gasteiger partial charge in [-0.1, -0.05) is 54.8 Å². The molecule has 2 aliphatic rings. The number of hydrogen-bond acceptors (Lipinski definition) is 7. The fourth-order valence-electron chi connectivity index (χ4n) is 5.63. The van der Waals surface area contributed by atoms with Crippen LogP contribution in [0.2, 0.25) is 5.02 Å². The van der Waals surface area contributed by atoms with Gasteiger partial charge in [-0.2, -0.15) is 0 Å². The first kappa shape index (κ1) is 27.7. The van der Waals surface area contributed by atoms with Crippen molar-refractivity contribution in [2.24, 2.45) is 0 Å². The summed E-state index contributed by atoms with van der Waals surface area (Å²) in [6, 6.07) is 12.4. The highest BCUT2D eigenvalue weighted by Gasteiger charge is 2.49. The lowest BCUT2D eigenvalue weighted by molar-refractivity contribution is -0.138. The topological polar surface area (TPSA) is 118 Å². The summed E-state index contributed by atoms with van der Waals surface area (Å²) in [5.74, 6) is -1.48. The van der Waals surface area contributed by atoms with E-state index in [1.807, 2.05) is 5.38 Å². The minimum Gasteiger partial charge on any atom is -0.326 e. The number of sulfonamides is 1. The highest BCUT2D eigenvalue weighted by molar-refractivity contribution is 7.88. The Morgan fingerprint density at radius 2 is 1.90 bits per heavy atom. The van der Waals surface area contributed by atoms with Crippen LogP contribution in [0.1, 0.15) is 64.1 Å². The van der Waals surface area contributed by atoms with Crippen LogP contribution in [-0.2, 0) is 26.3 Å². The molecule has 0 saturated heterocycles. The van der Waals surface area contributed by atoms with E-state index in [1.54, 1.807) is 59.6 Å². The molecule has 0 spiro atoms. The second-order valence-corrected chi connectivity index (χ2v) is 13.0. The highest BCUT2D eigenvalue weighted by Crippen LogP contribution is 2.46. The molecule has 1 aliphatic carbocycles. The van der Waals surface area contributed by atoms with Gasteiger partial charge in [0.1, 0.15) is 11.6 Å². The monoisotopic (exact) mass is 588 g/mol. The van der Waals surface area contributed by atoms with E-state index in [-0.39, 0.29) is 12.5 Å². The van der Waals surface area contributed by atoms with Gasteiger partial charge in [0.2, 0.25) is 10.0 Å². The number of hydroxylamine groups is 1. The van der Waals surface area contributed by atoms with Crippen LogP contribution in [0.5, 0.6) is 0 Å². The molecule has 5 rings (SSSR count). The van der Waals surface area contributed by atoms with Crippen molar-refractivity contribution in [1.82, 2.24) is 20.1 Å². The van der Waals surface area contributed by atoms with Gasteiger partial charge in [-0.15, -0.1) is 11.3 Å². The van der Waals surface area contributed by atoms with Crippen molar-refractivity contribution in [2.45, 2.75) is 56.3 Å². The largest absolute Gasteiger partial charge is 0.326 e. The summed E-state index contributed by atoms with van der Waals surface area (Å²) in [7, 11) is -3.53. The minimum atomic E-state index is -3.53. The SMILES string of the molecule is CS(=O)(=O)N[C@H]1CCCC[C@@H]1N1C(=O)c2ccccc2[C@@H](C(=O)NOCc2nccs2)[C@@H]1c1ccc(Cl)cc1. The van der Waals surface area contributed by atoms with Crippen LogP contribution < -0.4 is 10.2 Å². The van der Waals surface area contributed by atoms with E-state index in [9.17, 15) is 18.0 Å². The number of rotatable bonds is 8. The van der Waals surface area contributed by atoms with Crippen LogP contribution in [0.15, 0.2) is 60.1 Å². The summed E-state index contributed by atoms with van der Waals surface area (Å²) in [6.07, 6.45) is 5.64. The number of thiazole rings is 1. The molecule has 1 fully saturated rings. The number of halogens is 1. The van der Waals surface area contributed by atoms with E-state index in [0.29, 0.717) is 39.6 Å². The summed E-state index contributed by atoms with van der Waals surface area (Å²) < 4.78 is 27.3. The van der Waals surface area contributed by atoms with Crippen LogP contribution in [-0.4, -0.2) is 48.5 Å². The molecule has 1 aromatic heterocycles. The molecule has 4 atom stereocenters. The molecule has 2 aromatic carbocycles. The van der Waals surface area contributed by atoms with Crippen LogP contribution >= 0.6 is 22.9 Å². The molecule has 0 unspecified atom stereocenters. The zero-order valence-corrected chi connectivity index (χ0v) is 23.6. The molecule has 0 radical (unpaired) electrons. The molecular weight excluding hydrogens is 560 g/mol. The molecule has 1 saturated carbocycles. The van der Waals surface area contributed by atoms with E-state index in [0.717, 1.165) is 19.1 Å². The highest BCUT2D eigenvalue weighted by atomic mass is 35.5. The first-order valence-electron chi connectivity index (χ1n) is 12.7. The molecule has 9 nitrogen and oxygen atoms in total. The predicted octanol–water partition coefficient (Wildman–Crippen LogP) is 4.19. The minimum absolute atomic E-state index is 0.106. The smallest absolute Gasteiger partial charge is 0.255 e. The lowest BCUT2D eigenvalue weighted by Crippen LogP contribution is -2.59. The first-order chi connectivity index (χ1) is 18.7. The number of carbonyl (C=O) groups excluding carboxylic acids is 2. The number of hydrogen-bond donors (Lipinski definition) is 2. The number of amides is 2. The van der Waals surface area contributed by atoms with Crippen molar-refractivity contribution in [3.05, 3.63) is 86.8 Å². The summed E-state index contributed by atoms with van der Waals surface area (Å²) >= 11 is 7.61. The molecular formula is C27H29ClN4O5S2. The molecule has 2 heterocycles. The summed E-state index contributed by atoms with van der Waals surface area (Å²) in [4.78, 5) is 39.4. The predicted molar refractivity (Wildman–Crippen MR) is 149 cm³/mol. The second kappa shape index (κ2) is 11.7. The number of carbonyl (C=O) groups is 2. The lowest BCUT2D eigenvalue weighted by atomic mass is 9.76. The third kappa shape index (κ3) is 6.17. The average Bonchev–Trinajstić information content (AvgIpc) is 3.42. The van der Waals surface area contributed by atoms with Gasteiger partial charge in [0.05, 0.1) is 18.2 Å². The zero-order chi connectivity index (χ0) is 27.6. The van der Waals surface area contributed by atoms with Crippen molar-refractivity contribution < 1.29 is 22.8 Å². The van der Waals surface area contributed by atoms with Crippen molar-refractivity contribution in [2.75, 3.05) is 6.26 Å². The van der Waals surface area contributed by atoms with Gasteiger partial charge >= 0.3 is 0 Å². The summed E-state index contributed by atoms with van der Waals surface area (Å²) in [5.41, 5.74) is 4.29. The van der Waals surface area contributed by atoms with Gasteiger partial charge in [-0.25, -0.2) is 23.6 Å². The molecule has 2 N–H and O–H groups in total. The molecule has 0 bridgehead atoms. The van der Waals surface area contributed by atoms with Crippen molar-refractivity contribution in [3.63, 3.8) is 0 Å². The number of fused-ring (bicyclic) bond motifs is 1. The number of nitrogens with one attached hydrogen (secondary N) is 2. The Morgan fingerprint density at radius 1 is 1.15 bits per heavy atom. The van der Waals surface area contributed by atoms with E-state index in [1.165, 1.54) is 11.3 Å². The molecule has 2 amide bonds. The maximum Gasteiger partial charge on any atom is 0.255 e. The van der Waals surface area contributed by atoms with Gasteiger partial charge in [0, 0.05) is 34.2 Å². The van der Waals surface area contributed by atoms with Crippen molar-refractivity contribution in [3.8, 4) is 0 Å². The molecule has 1 aliphatic heterocycles. The first-order valence-corrected chi connectivity index (χ1v) is 15.8. The van der Waals surface area contributed by atoms with Crippen molar-refractivity contribution >= 4 is 44.8 Å². The van der Waals surface area contributed by atoms with Crippen LogP contribution in [0.3, 0.4) is 0 Å². The van der Waals surface area contributed by atoms with Gasteiger partial charge < -0.3 is 4.90 Å². The molecule has 39 heavy (non-hydrogen) atoms. The number of benzene rings is 2. The Hall–Kier alpha value is -2.83. The quantitative estimate of drug-likeness (QED) is 0.381. The molecule has 206 valence electrons. The lowest BCUT2D eigenvalue weighted by Gasteiger charge is -2.49. The third-order valence-electron chi connectivity index (χ3n) is 7.17. The maximum atomic E-state index is 14.2. The zero-order valence-electron chi connectivity index (χ0n) is 21.2. The Kier molecular flexibility index (Phi) is 8.34. The third-order valence-corrected chi connectivity index (χ3v) is 8.91. The van der Waals surface area contributed by atoms with Gasteiger partial charge in [-0.3, -0.25) is 14.4 Å². The van der Waals surface area contributed by atoms with E-state index in [2.05, 4.69) is 15.2 Å². The Morgan fingerprint density at radius 3 is 2.62 bits per heavy atom. The average molecular weight is 589 g/mol. The summed E-state index contributed by atoms with van der Waals surface area (Å²) in [5, 5.41) is 3.06. The second-order valence-electron chi connectivity index (χ2n) is 9.80. The van der Waals surface area contributed by atoms with E-state index >= 15 is 0 Å². The Bertz CT molecular complexity index is 1430. The van der Waals surface area contributed by atoms with Gasteiger partial charge in [0.25, 0.3) is 11.8 Å². The van der Waals surface area contributed by atoms with E-state index < -0.39 is 40.0 Å². The van der Waals surface area contributed by atoms with Gasteiger partial charge in [0.15, 0.2) is 0 Å². The van der Waals surface area contributed by atoms with Crippen LogP contribution in [0.25, 0.3) is 0 Å². The van der Waals surface area contributed by atoms with Crippen molar-refractivity contribution in [1.29, 1.82) is 0 Å². The maximum absolute atomic E-state index is 14.2. The summed E-state index contributed by atoms with van der Waals surface area (Å²) in [6.45, 7) is 0.106. The number of nitrogens with zero attached hydrogens (tertiary/aromatic N) is 2. The fourth-order valence-corrected chi connectivity index (χ4v) is 7.11. The van der Waals surface area contributed by atoms with E-state index in [4.69, 9.17) is 16.4 Å². The van der Waals surface area contributed by atoms with Crippen LogP contribution in [0.4, 0.5) is 0 Å². The number of aromatic nitrogens is 1. The standard InChI is InChI=1S/C27H29ClN4O5S2/c1-39(35,36)31-21-8-4-5-9-22(21)32-25(17-10-12-18(28)13-11-17)24(19-6-2-3-7-20(19)27(32)34)26(33)30-37-16-23-29-14-15-38-23/h2-3,6-7,10-15,21-22,24-25,31H,4-5,8-9,16H2,1H3,(H,30,33)/t21-,22-,24+,25-/m0/s1. The van der Waals surface area contributed by atoms with Gasteiger partial charge in [-0.05, 0) is 42.2 Å².